The molecule has 0 bridgehead atoms. The Morgan fingerprint density at radius 1 is 0.596 bits per heavy atom. The van der Waals surface area contributed by atoms with Crippen LogP contribution in [0.15, 0.2) is 60.9 Å². The standard InChI is InChI=1S/C43H78NO7P/c1-3-5-7-9-11-13-15-17-19-21-22-24-26-28-30-32-34-36-43(45)51-42(41-50-52(46,47)49-39-37-44)40-48-38-35-33-31-29-27-25-23-20-18-16-14-12-10-8-6-4-2/h17-20,22,24,28,30,35,38,42H,3-16,21,23,25-27,29,31-34,36-37,39-41,44H2,1-2H3,(H,46,47)/b19-17-,20-18-,24-22-,30-28-,38-35-/t42-/m1/s1. The number of rotatable bonds is 39. The van der Waals surface area contributed by atoms with Crippen LogP contribution in [0.1, 0.15) is 174 Å². The molecule has 302 valence electrons. The highest BCUT2D eigenvalue weighted by Crippen LogP contribution is 2.43. The second-order valence-electron chi connectivity index (χ2n) is 13.6. The second kappa shape index (κ2) is 40.2. The summed E-state index contributed by atoms with van der Waals surface area (Å²) in [6, 6.07) is 0. The summed E-state index contributed by atoms with van der Waals surface area (Å²) in [6.45, 7) is 4.15. The molecule has 0 spiro atoms. The SMILES string of the molecule is CCCCCCCC/C=C\C/C=C\C/C=C\CCCC(=O)O[C@H](CO/C=C\CCCCCC/C=C\CCCCCCCC)COP(=O)(O)OCCN. The first-order chi connectivity index (χ1) is 25.4. The van der Waals surface area contributed by atoms with E-state index in [-0.39, 0.29) is 32.8 Å². The number of nitrogens with two attached hydrogens (primary N) is 1. The Bertz CT molecular complexity index is 979. The number of carbonyl (C=O) groups is 1. The third kappa shape index (κ3) is 39.3. The number of allylic oxidation sites excluding steroid dienone is 9. The van der Waals surface area contributed by atoms with E-state index in [9.17, 15) is 14.3 Å². The monoisotopic (exact) mass is 752 g/mol. The molecule has 52 heavy (non-hydrogen) atoms. The summed E-state index contributed by atoms with van der Waals surface area (Å²) in [5, 5.41) is 0. The molecule has 0 heterocycles. The maximum absolute atomic E-state index is 12.5. The van der Waals surface area contributed by atoms with Gasteiger partial charge in [-0.3, -0.25) is 13.8 Å². The zero-order valence-corrected chi connectivity index (χ0v) is 34.2. The number of ether oxygens (including phenoxy) is 2. The van der Waals surface area contributed by atoms with Gasteiger partial charge in [-0.25, -0.2) is 4.57 Å². The molecular weight excluding hydrogens is 673 g/mol. The van der Waals surface area contributed by atoms with Crippen molar-refractivity contribution in [2.75, 3.05) is 26.4 Å². The predicted molar refractivity (Wildman–Crippen MR) is 219 cm³/mol. The minimum atomic E-state index is -4.31. The van der Waals surface area contributed by atoms with Gasteiger partial charge in [0.2, 0.25) is 0 Å². The molecule has 0 amide bonds. The number of hydrogen-bond acceptors (Lipinski definition) is 7. The van der Waals surface area contributed by atoms with E-state index in [4.69, 9.17) is 24.3 Å². The summed E-state index contributed by atoms with van der Waals surface area (Å²) >= 11 is 0. The number of phosphoric ester groups is 1. The van der Waals surface area contributed by atoms with Crippen molar-refractivity contribution in [3.05, 3.63) is 60.9 Å². The van der Waals surface area contributed by atoms with Crippen LogP contribution in [-0.2, 0) is 27.9 Å². The van der Waals surface area contributed by atoms with Gasteiger partial charge in [0.15, 0.2) is 6.10 Å². The van der Waals surface area contributed by atoms with Gasteiger partial charge in [-0.15, -0.1) is 0 Å². The van der Waals surface area contributed by atoms with Gasteiger partial charge in [0.25, 0.3) is 0 Å². The first kappa shape index (κ1) is 50.0. The van der Waals surface area contributed by atoms with E-state index in [2.05, 4.69) is 62.5 Å². The maximum Gasteiger partial charge on any atom is 0.472 e. The van der Waals surface area contributed by atoms with Crippen molar-refractivity contribution in [3.63, 3.8) is 0 Å². The molecule has 0 aliphatic rings. The molecule has 9 heteroatoms. The van der Waals surface area contributed by atoms with Crippen molar-refractivity contribution >= 4 is 13.8 Å². The Kier molecular flexibility index (Phi) is 38.7. The molecule has 0 aromatic carbocycles. The van der Waals surface area contributed by atoms with Crippen LogP contribution >= 0.6 is 7.82 Å². The predicted octanol–water partition coefficient (Wildman–Crippen LogP) is 12.5. The lowest BCUT2D eigenvalue weighted by Gasteiger charge is -2.19. The lowest BCUT2D eigenvalue weighted by atomic mass is 10.1. The van der Waals surface area contributed by atoms with Crippen LogP contribution in [0.25, 0.3) is 0 Å². The highest BCUT2D eigenvalue weighted by Gasteiger charge is 2.25. The molecule has 0 aliphatic heterocycles. The molecule has 0 aliphatic carbocycles. The number of phosphoric acid groups is 1. The summed E-state index contributed by atoms with van der Waals surface area (Å²) in [7, 11) is -4.31. The average molecular weight is 752 g/mol. The van der Waals surface area contributed by atoms with Gasteiger partial charge in [0, 0.05) is 13.0 Å². The molecule has 1 unspecified atom stereocenters. The minimum Gasteiger partial charge on any atom is -0.498 e. The van der Waals surface area contributed by atoms with E-state index in [1.807, 2.05) is 6.08 Å². The van der Waals surface area contributed by atoms with E-state index in [0.29, 0.717) is 6.42 Å². The molecule has 0 fully saturated rings. The van der Waals surface area contributed by atoms with Gasteiger partial charge >= 0.3 is 13.8 Å². The van der Waals surface area contributed by atoms with Gasteiger partial charge in [0.1, 0.15) is 6.61 Å². The number of esters is 1. The molecule has 0 radical (unpaired) electrons. The Morgan fingerprint density at radius 3 is 1.56 bits per heavy atom. The van der Waals surface area contributed by atoms with E-state index in [1.54, 1.807) is 6.26 Å². The third-order valence-electron chi connectivity index (χ3n) is 8.47. The topological polar surface area (TPSA) is 117 Å². The van der Waals surface area contributed by atoms with Crippen LogP contribution in [-0.4, -0.2) is 43.3 Å². The minimum absolute atomic E-state index is 0.00464. The van der Waals surface area contributed by atoms with E-state index >= 15 is 0 Å². The van der Waals surface area contributed by atoms with Crippen LogP contribution in [0.5, 0.6) is 0 Å². The zero-order valence-electron chi connectivity index (χ0n) is 33.3. The first-order valence-electron chi connectivity index (χ1n) is 20.8. The van der Waals surface area contributed by atoms with Crippen molar-refractivity contribution in [2.45, 2.75) is 180 Å². The summed E-state index contributed by atoms with van der Waals surface area (Å²) in [6.07, 6.45) is 49.1. The van der Waals surface area contributed by atoms with Gasteiger partial charge in [-0.2, -0.15) is 0 Å². The van der Waals surface area contributed by atoms with Crippen molar-refractivity contribution in [1.29, 1.82) is 0 Å². The van der Waals surface area contributed by atoms with E-state index in [0.717, 1.165) is 38.5 Å². The molecule has 0 rings (SSSR count). The Hall–Kier alpha value is -1.96. The van der Waals surface area contributed by atoms with Gasteiger partial charge in [-0.1, -0.05) is 140 Å². The van der Waals surface area contributed by atoms with Crippen LogP contribution in [0.3, 0.4) is 0 Å². The molecular formula is C43H78NO7P. The number of hydrogen-bond donors (Lipinski definition) is 2. The Labute approximate surface area is 319 Å². The van der Waals surface area contributed by atoms with Crippen molar-refractivity contribution in [1.82, 2.24) is 0 Å². The summed E-state index contributed by atoms with van der Waals surface area (Å²) < 4.78 is 33.1. The molecule has 0 aromatic rings. The average Bonchev–Trinajstić information content (AvgIpc) is 3.13. The van der Waals surface area contributed by atoms with Crippen LogP contribution in [0, 0.1) is 0 Å². The highest BCUT2D eigenvalue weighted by molar-refractivity contribution is 7.47. The first-order valence-corrected chi connectivity index (χ1v) is 22.3. The van der Waals surface area contributed by atoms with Crippen molar-refractivity contribution < 1.29 is 32.8 Å². The second-order valence-corrected chi connectivity index (χ2v) is 15.0. The Balaban J connectivity index is 4.23. The summed E-state index contributed by atoms with van der Waals surface area (Å²) in [4.78, 5) is 22.4. The molecule has 0 saturated carbocycles. The molecule has 2 atom stereocenters. The lowest BCUT2D eigenvalue weighted by molar-refractivity contribution is -0.153. The lowest BCUT2D eigenvalue weighted by Crippen LogP contribution is -2.27. The zero-order chi connectivity index (χ0) is 38.1. The Morgan fingerprint density at radius 2 is 1.04 bits per heavy atom. The normalized spacial score (nSPS) is 14.1. The molecule has 3 N–H and O–H groups in total. The highest BCUT2D eigenvalue weighted by atomic mass is 31.2. The third-order valence-corrected chi connectivity index (χ3v) is 9.46. The van der Waals surface area contributed by atoms with Gasteiger partial charge in [0.05, 0.1) is 19.5 Å². The number of unbranched alkanes of at least 4 members (excludes halogenated alkanes) is 18. The quantitative estimate of drug-likeness (QED) is 0.0210. The molecule has 0 aromatic heterocycles. The fourth-order valence-corrected chi connectivity index (χ4v) is 6.15. The summed E-state index contributed by atoms with van der Waals surface area (Å²) in [5.41, 5.74) is 5.35. The van der Waals surface area contributed by atoms with Crippen LogP contribution < -0.4 is 5.73 Å². The van der Waals surface area contributed by atoms with E-state index in [1.165, 1.54) is 109 Å². The van der Waals surface area contributed by atoms with Crippen LogP contribution in [0.4, 0.5) is 0 Å². The van der Waals surface area contributed by atoms with Gasteiger partial charge < -0.3 is 20.1 Å². The molecule has 0 saturated heterocycles. The fraction of sp³-hybridized carbons (Fsp3) is 0.744. The number of carbonyl (C=O) groups excluding carboxylic acids is 1. The van der Waals surface area contributed by atoms with Crippen molar-refractivity contribution in [3.8, 4) is 0 Å². The molecule has 8 nitrogen and oxygen atoms in total. The van der Waals surface area contributed by atoms with Crippen molar-refractivity contribution in [2.24, 2.45) is 5.73 Å². The fourth-order valence-electron chi connectivity index (χ4n) is 5.38. The smallest absolute Gasteiger partial charge is 0.472 e. The van der Waals surface area contributed by atoms with Gasteiger partial charge in [-0.05, 0) is 83.1 Å². The van der Waals surface area contributed by atoms with E-state index < -0.39 is 19.9 Å². The van der Waals surface area contributed by atoms with Crippen LogP contribution in [0.2, 0.25) is 0 Å². The summed E-state index contributed by atoms with van der Waals surface area (Å²) in [5.74, 6) is -0.407. The maximum atomic E-state index is 12.5. The largest absolute Gasteiger partial charge is 0.498 e.